The van der Waals surface area contributed by atoms with E-state index in [-0.39, 0.29) is 12.5 Å². The quantitative estimate of drug-likeness (QED) is 0.228. The summed E-state index contributed by atoms with van der Waals surface area (Å²) in [6.07, 6.45) is 2.87. The number of piperidine rings is 1. The molecule has 1 saturated heterocycles. The van der Waals surface area contributed by atoms with Gasteiger partial charge in [-0.1, -0.05) is 30.3 Å². The average molecular weight is 625 g/mol. The molecule has 244 valence electrons. The number of carbonyl (C=O) groups is 2. The highest BCUT2D eigenvalue weighted by atomic mass is 16.6. The Kier molecular flexibility index (Phi) is 11.8. The maximum atomic E-state index is 12.8. The van der Waals surface area contributed by atoms with Gasteiger partial charge in [0.05, 0.1) is 11.6 Å². The highest BCUT2D eigenvalue weighted by molar-refractivity contribution is 5.97. The Morgan fingerprint density at radius 2 is 1.67 bits per heavy atom. The number of hydrogen-bond donors (Lipinski definition) is 1. The minimum absolute atomic E-state index is 0.00104. The molecule has 3 aromatic carbocycles. The Morgan fingerprint density at radius 1 is 1.02 bits per heavy atom. The Labute approximate surface area is 274 Å². The number of likely N-dealkylation sites (tertiary alicyclic amines) is 1. The average Bonchev–Trinajstić information content (AvgIpc) is 3.02. The van der Waals surface area contributed by atoms with E-state index in [2.05, 4.69) is 34.2 Å². The van der Waals surface area contributed by atoms with Crippen molar-refractivity contribution in [2.45, 2.75) is 85.0 Å². The van der Waals surface area contributed by atoms with Gasteiger partial charge in [-0.3, -0.25) is 4.79 Å². The van der Waals surface area contributed by atoms with Crippen LogP contribution in [0.1, 0.15) is 79.6 Å². The molecule has 1 unspecified atom stereocenters. The molecule has 1 aliphatic rings. The van der Waals surface area contributed by atoms with Gasteiger partial charge in [0.25, 0.3) is 5.91 Å². The molecule has 4 rings (SSSR count). The van der Waals surface area contributed by atoms with E-state index in [0.29, 0.717) is 36.5 Å². The first kappa shape index (κ1) is 34.5. The molecular formula is C38H48N4O4. The molecule has 1 amide bonds. The number of nitriles is 1. The molecule has 1 N–H and O–H groups in total. The van der Waals surface area contributed by atoms with Crippen molar-refractivity contribution in [3.8, 4) is 11.8 Å². The van der Waals surface area contributed by atoms with E-state index in [1.165, 1.54) is 0 Å². The minimum Gasteiger partial charge on any atom is -0.482 e. The predicted octanol–water partition coefficient (Wildman–Crippen LogP) is 6.58. The zero-order chi connectivity index (χ0) is 33.3. The first-order valence-corrected chi connectivity index (χ1v) is 16.2. The number of ether oxygens (including phenoxy) is 2. The van der Waals surface area contributed by atoms with Gasteiger partial charge in [0.15, 0.2) is 6.61 Å². The van der Waals surface area contributed by atoms with Crippen molar-refractivity contribution in [1.29, 1.82) is 5.26 Å². The number of nitrogens with zero attached hydrogens (tertiary/aromatic N) is 3. The van der Waals surface area contributed by atoms with Crippen LogP contribution in [0.25, 0.3) is 0 Å². The summed E-state index contributed by atoms with van der Waals surface area (Å²) in [7, 11) is 0. The lowest BCUT2D eigenvalue weighted by atomic mass is 9.99. The van der Waals surface area contributed by atoms with E-state index < -0.39 is 11.6 Å². The lowest BCUT2D eigenvalue weighted by Crippen LogP contribution is -2.48. The molecule has 1 atom stereocenters. The van der Waals surface area contributed by atoms with E-state index in [9.17, 15) is 14.9 Å². The van der Waals surface area contributed by atoms with Gasteiger partial charge in [-0.05, 0) is 114 Å². The van der Waals surface area contributed by atoms with Crippen LogP contribution in [-0.4, -0.2) is 60.7 Å². The molecule has 46 heavy (non-hydrogen) atoms. The highest BCUT2D eigenvalue weighted by Gasteiger charge is 2.28. The van der Waals surface area contributed by atoms with Crippen molar-refractivity contribution in [3.05, 3.63) is 94.5 Å². The third kappa shape index (κ3) is 9.82. The van der Waals surface area contributed by atoms with Crippen LogP contribution >= 0.6 is 0 Å². The van der Waals surface area contributed by atoms with Gasteiger partial charge in [-0.25, -0.2) is 4.79 Å². The number of hydrogen-bond acceptors (Lipinski definition) is 7. The van der Waals surface area contributed by atoms with Crippen LogP contribution in [0.3, 0.4) is 0 Å². The monoisotopic (exact) mass is 624 g/mol. The van der Waals surface area contributed by atoms with Crippen LogP contribution in [0.15, 0.2) is 66.7 Å². The van der Waals surface area contributed by atoms with E-state index in [1.807, 2.05) is 95.3 Å². The largest absolute Gasteiger partial charge is 0.482 e. The second kappa shape index (κ2) is 15.8. The first-order valence-electron chi connectivity index (χ1n) is 16.2. The summed E-state index contributed by atoms with van der Waals surface area (Å²) in [5.41, 5.74) is 5.01. The van der Waals surface area contributed by atoms with Crippen LogP contribution in [0.2, 0.25) is 0 Å². The number of amides is 1. The van der Waals surface area contributed by atoms with E-state index >= 15 is 0 Å². The van der Waals surface area contributed by atoms with Gasteiger partial charge in [-0.15, -0.1) is 0 Å². The number of anilines is 1. The van der Waals surface area contributed by atoms with Crippen LogP contribution < -0.4 is 15.0 Å². The van der Waals surface area contributed by atoms with E-state index in [4.69, 9.17) is 9.47 Å². The molecule has 1 fully saturated rings. The number of nitrogens with one attached hydrogen (secondary N) is 1. The molecular weight excluding hydrogens is 576 g/mol. The standard InChI is InChI=1S/C38H48N4O4/c1-27-9-7-10-28(2)36(27)37(44)40-20-17-29(3)41-21-18-33(19-22-41)42(25-31-12-8-11-30(23-31)24-39)32-13-15-34(16-14-32)45-26-35(43)46-38(4,5)6/h7-16,23,29,33H,17-22,25-26H2,1-6H3,(H,40,44). The van der Waals surface area contributed by atoms with Crippen molar-refractivity contribution in [1.82, 2.24) is 10.2 Å². The summed E-state index contributed by atoms with van der Waals surface area (Å²) >= 11 is 0. The Balaban J connectivity index is 1.37. The van der Waals surface area contributed by atoms with E-state index in [1.54, 1.807) is 0 Å². The zero-order valence-electron chi connectivity index (χ0n) is 28.1. The van der Waals surface area contributed by atoms with Crippen molar-refractivity contribution in [2.75, 3.05) is 31.1 Å². The fraction of sp³-hybridized carbons (Fsp3) is 0.447. The molecule has 0 aromatic heterocycles. The van der Waals surface area contributed by atoms with Crippen molar-refractivity contribution in [2.24, 2.45) is 0 Å². The van der Waals surface area contributed by atoms with Crippen LogP contribution in [0.5, 0.6) is 5.75 Å². The number of aryl methyl sites for hydroxylation is 2. The van der Waals surface area contributed by atoms with Gasteiger partial charge < -0.3 is 24.6 Å². The summed E-state index contributed by atoms with van der Waals surface area (Å²) in [6.45, 7) is 14.8. The number of benzene rings is 3. The van der Waals surface area contributed by atoms with Crippen molar-refractivity contribution >= 4 is 17.6 Å². The summed E-state index contributed by atoms with van der Waals surface area (Å²) in [5.74, 6) is 0.202. The maximum Gasteiger partial charge on any atom is 0.344 e. The van der Waals surface area contributed by atoms with Gasteiger partial charge >= 0.3 is 5.97 Å². The number of carbonyl (C=O) groups excluding carboxylic acids is 2. The van der Waals surface area contributed by atoms with Crippen LogP contribution in [-0.2, 0) is 16.1 Å². The van der Waals surface area contributed by atoms with Gasteiger partial charge in [0.2, 0.25) is 0 Å². The van der Waals surface area contributed by atoms with Crippen molar-refractivity contribution in [3.63, 3.8) is 0 Å². The van der Waals surface area contributed by atoms with Crippen LogP contribution in [0.4, 0.5) is 5.69 Å². The normalized spacial score (nSPS) is 14.6. The first-order chi connectivity index (χ1) is 21.9. The Hall–Kier alpha value is -4.35. The number of rotatable bonds is 12. The van der Waals surface area contributed by atoms with Crippen LogP contribution in [0, 0.1) is 25.2 Å². The summed E-state index contributed by atoms with van der Waals surface area (Å²) in [4.78, 5) is 29.9. The second-order valence-electron chi connectivity index (χ2n) is 13.2. The fourth-order valence-corrected chi connectivity index (χ4v) is 6.09. The SMILES string of the molecule is Cc1cccc(C)c1C(=O)NCCC(C)N1CCC(N(Cc2cccc(C#N)c2)c2ccc(OCC(=O)OC(C)(C)C)cc2)CC1. The molecule has 1 aliphatic heterocycles. The molecule has 0 radical (unpaired) electrons. The third-order valence-electron chi connectivity index (χ3n) is 8.47. The lowest BCUT2D eigenvalue weighted by Gasteiger charge is -2.42. The molecule has 0 saturated carbocycles. The third-order valence-corrected chi connectivity index (χ3v) is 8.47. The van der Waals surface area contributed by atoms with Crippen molar-refractivity contribution < 1.29 is 19.1 Å². The molecule has 0 spiro atoms. The number of esters is 1. The Bertz CT molecular complexity index is 1490. The summed E-state index contributed by atoms with van der Waals surface area (Å²) in [5, 5.41) is 12.6. The highest BCUT2D eigenvalue weighted by Crippen LogP contribution is 2.29. The van der Waals surface area contributed by atoms with Gasteiger partial charge in [0, 0.05) is 49.5 Å². The summed E-state index contributed by atoms with van der Waals surface area (Å²) < 4.78 is 11.1. The molecule has 3 aromatic rings. The molecule has 8 heteroatoms. The minimum atomic E-state index is -0.558. The molecule has 8 nitrogen and oxygen atoms in total. The lowest BCUT2D eigenvalue weighted by molar-refractivity contribution is -0.157. The molecule has 0 bridgehead atoms. The second-order valence-corrected chi connectivity index (χ2v) is 13.2. The molecule has 0 aliphatic carbocycles. The zero-order valence-corrected chi connectivity index (χ0v) is 28.1. The topological polar surface area (TPSA) is 94.9 Å². The van der Waals surface area contributed by atoms with Gasteiger partial charge in [-0.2, -0.15) is 5.26 Å². The smallest absolute Gasteiger partial charge is 0.344 e. The predicted molar refractivity (Wildman–Crippen MR) is 182 cm³/mol. The van der Waals surface area contributed by atoms with Gasteiger partial charge in [0.1, 0.15) is 11.4 Å². The maximum absolute atomic E-state index is 12.8. The Morgan fingerprint density at radius 3 is 2.30 bits per heavy atom. The fourth-order valence-electron chi connectivity index (χ4n) is 6.09. The molecule has 1 heterocycles. The van der Waals surface area contributed by atoms with E-state index in [0.717, 1.165) is 60.3 Å². The summed E-state index contributed by atoms with van der Waals surface area (Å²) in [6, 6.07) is 24.5.